The van der Waals surface area contributed by atoms with Crippen LogP contribution in [0.4, 0.5) is 5.69 Å². The highest BCUT2D eigenvalue weighted by Crippen LogP contribution is 2.33. The number of halogens is 2. The normalized spacial score (nSPS) is 11.7. The molecule has 0 atom stereocenters. The first kappa shape index (κ1) is 18.3. The zero-order valence-corrected chi connectivity index (χ0v) is 15.9. The van der Waals surface area contributed by atoms with E-state index in [1.54, 1.807) is 17.0 Å². The van der Waals surface area contributed by atoms with Crippen LogP contribution in [0.1, 0.15) is 24.2 Å². The summed E-state index contributed by atoms with van der Waals surface area (Å²) >= 11 is 13.1. The lowest BCUT2D eigenvalue weighted by Gasteiger charge is -2.27. The average Bonchev–Trinajstić information content (AvgIpc) is 2.77. The number of sulfone groups is 1. The van der Waals surface area contributed by atoms with Crippen molar-refractivity contribution in [1.29, 1.82) is 0 Å². The molecule has 2 aromatic rings. The summed E-state index contributed by atoms with van der Waals surface area (Å²) in [4.78, 5) is 14.5. The van der Waals surface area contributed by atoms with E-state index in [-0.39, 0.29) is 16.8 Å². The molecule has 1 amide bonds. The molecule has 0 saturated heterocycles. The summed E-state index contributed by atoms with van der Waals surface area (Å²) in [6.07, 6.45) is 1.14. The topological polar surface area (TPSA) is 54.5 Å². The molecule has 0 aliphatic heterocycles. The lowest BCUT2D eigenvalue weighted by Crippen LogP contribution is -2.37. The Morgan fingerprint density at radius 2 is 1.74 bits per heavy atom. The Balaban J connectivity index is 2.43. The van der Waals surface area contributed by atoms with Crippen LogP contribution in [0, 0.1) is 0 Å². The van der Waals surface area contributed by atoms with Crippen LogP contribution in [0.2, 0.25) is 8.67 Å². The van der Waals surface area contributed by atoms with Gasteiger partial charge in [-0.2, -0.15) is 0 Å². The van der Waals surface area contributed by atoms with Crippen molar-refractivity contribution in [2.45, 2.75) is 24.8 Å². The Hall–Kier alpha value is -1.08. The SMILES string of the molecule is CC(C)N(C(=O)c1cc(Cl)sc1Cl)c1ccc(S(C)(=O)=O)cc1. The number of thiophene rings is 1. The number of rotatable bonds is 4. The van der Waals surface area contributed by atoms with Crippen LogP contribution in [-0.4, -0.2) is 26.6 Å². The number of benzene rings is 1. The van der Waals surface area contributed by atoms with Gasteiger partial charge >= 0.3 is 0 Å². The van der Waals surface area contributed by atoms with E-state index in [0.29, 0.717) is 19.9 Å². The van der Waals surface area contributed by atoms with E-state index in [2.05, 4.69) is 0 Å². The van der Waals surface area contributed by atoms with Gasteiger partial charge in [0.1, 0.15) is 4.34 Å². The second kappa shape index (κ2) is 6.81. The van der Waals surface area contributed by atoms with Crippen molar-refractivity contribution in [3.05, 3.63) is 44.6 Å². The summed E-state index contributed by atoms with van der Waals surface area (Å²) in [6.45, 7) is 3.73. The maximum absolute atomic E-state index is 12.8. The Labute approximate surface area is 149 Å². The molecular weight excluding hydrogens is 377 g/mol. The monoisotopic (exact) mass is 391 g/mol. The van der Waals surface area contributed by atoms with E-state index in [0.717, 1.165) is 17.6 Å². The van der Waals surface area contributed by atoms with Crippen LogP contribution in [0.25, 0.3) is 0 Å². The number of carbonyl (C=O) groups is 1. The molecule has 1 aromatic carbocycles. The van der Waals surface area contributed by atoms with Gasteiger partial charge in [-0.25, -0.2) is 8.42 Å². The van der Waals surface area contributed by atoms with Gasteiger partial charge in [0.25, 0.3) is 5.91 Å². The fraction of sp³-hybridized carbons (Fsp3) is 0.267. The molecule has 2 rings (SSSR count). The Kier molecular flexibility index (Phi) is 5.41. The van der Waals surface area contributed by atoms with Crippen LogP contribution in [0.15, 0.2) is 35.2 Å². The van der Waals surface area contributed by atoms with E-state index in [1.165, 1.54) is 18.2 Å². The molecule has 0 unspecified atom stereocenters. The van der Waals surface area contributed by atoms with Crippen LogP contribution in [0.3, 0.4) is 0 Å². The molecule has 0 spiro atoms. The lowest BCUT2D eigenvalue weighted by molar-refractivity contribution is 0.0981. The molecule has 23 heavy (non-hydrogen) atoms. The number of hydrogen-bond donors (Lipinski definition) is 0. The molecule has 0 N–H and O–H groups in total. The molecule has 0 fully saturated rings. The zero-order chi connectivity index (χ0) is 17.4. The van der Waals surface area contributed by atoms with Crippen molar-refractivity contribution in [3.8, 4) is 0 Å². The minimum atomic E-state index is -3.28. The van der Waals surface area contributed by atoms with Gasteiger partial charge in [-0.3, -0.25) is 4.79 Å². The highest BCUT2D eigenvalue weighted by Gasteiger charge is 2.24. The molecule has 0 aliphatic rings. The third-order valence-corrected chi connectivity index (χ3v) is 5.78. The molecule has 0 aliphatic carbocycles. The van der Waals surface area contributed by atoms with E-state index < -0.39 is 9.84 Å². The van der Waals surface area contributed by atoms with Gasteiger partial charge in [0.15, 0.2) is 9.84 Å². The first-order chi connectivity index (χ1) is 10.6. The van der Waals surface area contributed by atoms with Crippen molar-refractivity contribution >= 4 is 56.0 Å². The van der Waals surface area contributed by atoms with Crippen LogP contribution < -0.4 is 4.90 Å². The highest BCUT2D eigenvalue weighted by molar-refractivity contribution is 7.90. The molecule has 124 valence electrons. The van der Waals surface area contributed by atoms with Crippen LogP contribution in [-0.2, 0) is 9.84 Å². The van der Waals surface area contributed by atoms with Crippen molar-refractivity contribution in [3.63, 3.8) is 0 Å². The maximum atomic E-state index is 12.8. The Morgan fingerprint density at radius 3 is 2.13 bits per heavy atom. The number of carbonyl (C=O) groups excluding carboxylic acids is 1. The molecule has 1 aromatic heterocycles. The van der Waals surface area contributed by atoms with E-state index in [4.69, 9.17) is 23.2 Å². The van der Waals surface area contributed by atoms with Gasteiger partial charge in [-0.15, -0.1) is 11.3 Å². The summed E-state index contributed by atoms with van der Waals surface area (Å²) in [5, 5.41) is 0. The largest absolute Gasteiger partial charge is 0.306 e. The van der Waals surface area contributed by atoms with Gasteiger partial charge in [-0.05, 0) is 44.2 Å². The third-order valence-electron chi connectivity index (χ3n) is 3.17. The van der Waals surface area contributed by atoms with E-state index >= 15 is 0 Å². The predicted octanol–water partition coefficient (Wildman–Crippen LogP) is 4.51. The van der Waals surface area contributed by atoms with E-state index in [1.807, 2.05) is 13.8 Å². The van der Waals surface area contributed by atoms with Crippen LogP contribution in [0.5, 0.6) is 0 Å². The minimum Gasteiger partial charge on any atom is -0.306 e. The Bertz CT molecular complexity index is 827. The average molecular weight is 392 g/mol. The Morgan fingerprint density at radius 1 is 1.17 bits per heavy atom. The van der Waals surface area contributed by atoms with Gasteiger partial charge in [0.2, 0.25) is 0 Å². The van der Waals surface area contributed by atoms with E-state index in [9.17, 15) is 13.2 Å². The first-order valence-corrected chi connectivity index (χ1v) is 10.2. The molecule has 0 radical (unpaired) electrons. The molecule has 0 bridgehead atoms. The van der Waals surface area contributed by atoms with Crippen molar-refractivity contribution < 1.29 is 13.2 Å². The van der Waals surface area contributed by atoms with Gasteiger partial charge in [0, 0.05) is 18.0 Å². The summed E-state index contributed by atoms with van der Waals surface area (Å²) < 4.78 is 23.8. The maximum Gasteiger partial charge on any atom is 0.260 e. The van der Waals surface area contributed by atoms with Crippen molar-refractivity contribution in [2.75, 3.05) is 11.2 Å². The second-order valence-electron chi connectivity index (χ2n) is 5.27. The van der Waals surface area contributed by atoms with Gasteiger partial charge in [-0.1, -0.05) is 23.2 Å². The molecule has 4 nitrogen and oxygen atoms in total. The summed E-state index contributed by atoms with van der Waals surface area (Å²) in [5.74, 6) is -0.278. The van der Waals surface area contributed by atoms with Gasteiger partial charge < -0.3 is 4.90 Å². The molecule has 0 saturated carbocycles. The third kappa shape index (κ3) is 4.07. The highest BCUT2D eigenvalue weighted by atomic mass is 35.5. The number of hydrogen-bond acceptors (Lipinski definition) is 4. The zero-order valence-electron chi connectivity index (χ0n) is 12.7. The number of amides is 1. The standard InChI is InChI=1S/C15H15Cl2NO3S2/c1-9(2)18(15(19)12-8-13(16)22-14(12)17)10-4-6-11(7-5-10)23(3,20)21/h4-9H,1-3H3. The first-order valence-electron chi connectivity index (χ1n) is 6.69. The number of nitrogens with zero attached hydrogens (tertiary/aromatic N) is 1. The van der Waals surface area contributed by atoms with Crippen molar-refractivity contribution in [2.24, 2.45) is 0 Å². The smallest absolute Gasteiger partial charge is 0.260 e. The fourth-order valence-corrected chi connectivity index (χ4v) is 4.20. The fourth-order valence-electron chi connectivity index (χ4n) is 2.12. The molecular formula is C15H15Cl2NO3S2. The quantitative estimate of drug-likeness (QED) is 0.769. The predicted molar refractivity (Wildman–Crippen MR) is 95.8 cm³/mol. The lowest BCUT2D eigenvalue weighted by atomic mass is 10.2. The van der Waals surface area contributed by atoms with Crippen molar-refractivity contribution in [1.82, 2.24) is 0 Å². The minimum absolute atomic E-state index is 0.138. The molecule has 1 heterocycles. The summed E-state index contributed by atoms with van der Waals surface area (Å²) in [6, 6.07) is 7.58. The number of anilines is 1. The summed E-state index contributed by atoms with van der Waals surface area (Å²) in [7, 11) is -3.28. The molecule has 8 heteroatoms. The van der Waals surface area contributed by atoms with Gasteiger partial charge in [0.05, 0.1) is 14.8 Å². The summed E-state index contributed by atoms with van der Waals surface area (Å²) in [5.41, 5.74) is 0.929. The van der Waals surface area contributed by atoms with Crippen LogP contribution >= 0.6 is 34.5 Å². The second-order valence-corrected chi connectivity index (χ2v) is 9.57.